The summed E-state index contributed by atoms with van der Waals surface area (Å²) in [6.07, 6.45) is 9.45. The number of nitrogens with zero attached hydrogens (tertiary/aromatic N) is 1. The molecule has 3 saturated carbocycles. The molecule has 1 aromatic heterocycles. The van der Waals surface area contributed by atoms with Gasteiger partial charge in [-0.3, -0.25) is 9.59 Å². The zero-order valence-corrected chi connectivity index (χ0v) is 20.3. The number of amides is 2. The average molecular weight is 471 g/mol. The van der Waals surface area contributed by atoms with Crippen LogP contribution in [0.1, 0.15) is 68.6 Å². The molecule has 35 heavy (non-hydrogen) atoms. The molecule has 3 aliphatic carbocycles. The number of H-pyrrole nitrogens is 1. The van der Waals surface area contributed by atoms with Crippen LogP contribution in [-0.2, 0) is 4.79 Å². The molecule has 1 heterocycles. The average Bonchev–Trinajstić information content (AvgIpc) is 3.61. The molecule has 3 N–H and O–H groups in total. The summed E-state index contributed by atoms with van der Waals surface area (Å²) in [4.78, 5) is 33.7. The minimum Gasteiger partial charge on any atom is -0.349 e. The molecule has 3 fully saturated rings. The first-order valence-electron chi connectivity index (χ1n) is 13.3. The van der Waals surface area contributed by atoms with Gasteiger partial charge in [0, 0.05) is 28.8 Å². The van der Waals surface area contributed by atoms with Crippen molar-refractivity contribution in [2.75, 3.05) is 5.32 Å². The van der Waals surface area contributed by atoms with E-state index >= 15 is 0 Å². The summed E-state index contributed by atoms with van der Waals surface area (Å²) in [7, 11) is 0. The topological polar surface area (TPSA) is 86.9 Å². The molecule has 3 aliphatic rings. The van der Waals surface area contributed by atoms with Crippen molar-refractivity contribution in [2.45, 2.75) is 64.3 Å². The van der Waals surface area contributed by atoms with Crippen LogP contribution in [0.3, 0.4) is 0 Å². The Morgan fingerprint density at radius 2 is 1.80 bits per heavy atom. The molecule has 2 bridgehead atoms. The Balaban J connectivity index is 1.13. The third kappa shape index (κ3) is 4.46. The van der Waals surface area contributed by atoms with Gasteiger partial charge in [0.1, 0.15) is 5.82 Å². The van der Waals surface area contributed by atoms with Crippen LogP contribution in [0.15, 0.2) is 42.5 Å². The van der Waals surface area contributed by atoms with Crippen LogP contribution in [0.5, 0.6) is 0 Å². The van der Waals surface area contributed by atoms with Crippen molar-refractivity contribution in [3.8, 4) is 11.4 Å². The number of aromatic nitrogens is 2. The maximum atomic E-state index is 12.8. The Morgan fingerprint density at radius 1 is 0.971 bits per heavy atom. The predicted octanol–water partition coefficient (Wildman–Crippen LogP) is 5.91. The van der Waals surface area contributed by atoms with Crippen LogP contribution in [0, 0.1) is 23.7 Å². The molecule has 5 atom stereocenters. The molecular weight excluding hydrogens is 436 g/mol. The van der Waals surface area contributed by atoms with E-state index < -0.39 is 0 Å². The first-order chi connectivity index (χ1) is 17.0. The van der Waals surface area contributed by atoms with Crippen molar-refractivity contribution in [3.05, 3.63) is 48.0 Å². The Labute approximate surface area is 206 Å². The number of nitrogens with one attached hydrogen (secondary N) is 3. The van der Waals surface area contributed by atoms with Crippen LogP contribution in [0.25, 0.3) is 22.4 Å². The minimum absolute atomic E-state index is 0.00391. The third-order valence-electron chi connectivity index (χ3n) is 8.67. The van der Waals surface area contributed by atoms with Crippen molar-refractivity contribution in [1.29, 1.82) is 0 Å². The Kier molecular flexibility index (Phi) is 5.83. The summed E-state index contributed by atoms with van der Waals surface area (Å²) in [6.45, 7) is 2.23. The van der Waals surface area contributed by atoms with Gasteiger partial charge in [0.25, 0.3) is 5.91 Å². The van der Waals surface area contributed by atoms with Gasteiger partial charge in [-0.15, -0.1) is 0 Å². The molecule has 0 spiro atoms. The van der Waals surface area contributed by atoms with Crippen LogP contribution in [0.2, 0.25) is 0 Å². The lowest BCUT2D eigenvalue weighted by Crippen LogP contribution is -2.41. The van der Waals surface area contributed by atoms with Gasteiger partial charge in [-0.25, -0.2) is 4.98 Å². The summed E-state index contributed by atoms with van der Waals surface area (Å²) in [5, 5.41) is 6.35. The molecular formula is C29H34N4O2. The van der Waals surface area contributed by atoms with Gasteiger partial charge in [-0.1, -0.05) is 38.3 Å². The van der Waals surface area contributed by atoms with Gasteiger partial charge in [0.15, 0.2) is 0 Å². The molecule has 0 radical (unpaired) electrons. The van der Waals surface area contributed by atoms with Crippen molar-refractivity contribution in [3.63, 3.8) is 0 Å². The minimum atomic E-state index is -0.00391. The fourth-order valence-corrected chi connectivity index (χ4v) is 6.59. The van der Waals surface area contributed by atoms with Gasteiger partial charge in [0.05, 0.1) is 11.0 Å². The Morgan fingerprint density at radius 3 is 2.54 bits per heavy atom. The van der Waals surface area contributed by atoms with E-state index in [9.17, 15) is 9.59 Å². The van der Waals surface area contributed by atoms with Crippen molar-refractivity contribution in [1.82, 2.24) is 15.3 Å². The molecule has 6 rings (SSSR count). The molecule has 3 aromatic rings. The Bertz CT molecular complexity index is 1250. The van der Waals surface area contributed by atoms with E-state index in [-0.39, 0.29) is 23.8 Å². The second kappa shape index (κ2) is 9.14. The summed E-state index contributed by atoms with van der Waals surface area (Å²) in [6, 6.07) is 13.7. The second-order valence-corrected chi connectivity index (χ2v) is 11.0. The highest BCUT2D eigenvalue weighted by Crippen LogP contribution is 2.48. The lowest BCUT2D eigenvalue weighted by atomic mass is 9.86. The number of rotatable bonds is 5. The number of carbonyl (C=O) groups is 2. The van der Waals surface area contributed by atoms with Crippen molar-refractivity contribution < 1.29 is 9.59 Å². The molecule has 182 valence electrons. The monoisotopic (exact) mass is 470 g/mol. The predicted molar refractivity (Wildman–Crippen MR) is 138 cm³/mol. The molecule has 0 saturated heterocycles. The zero-order chi connectivity index (χ0) is 23.9. The van der Waals surface area contributed by atoms with Gasteiger partial charge in [-0.2, -0.15) is 0 Å². The van der Waals surface area contributed by atoms with Gasteiger partial charge >= 0.3 is 0 Å². The number of hydrogen-bond acceptors (Lipinski definition) is 3. The van der Waals surface area contributed by atoms with Crippen LogP contribution in [0.4, 0.5) is 5.69 Å². The number of anilines is 1. The smallest absolute Gasteiger partial charge is 0.251 e. The maximum Gasteiger partial charge on any atom is 0.251 e. The number of fused-ring (bicyclic) bond motifs is 3. The molecule has 6 nitrogen and oxygen atoms in total. The standard InChI is InChI=1S/C29H34N4O2/c1-17-4-2-3-5-24(17)33-28(34)20-10-8-19(9-11-20)27-31-25-13-12-22(16-26(25)32-27)30-29(35)23-15-18-6-7-21(23)14-18/h8-13,16-18,21,23-24H,2-7,14-15H2,1H3,(H,30,35)(H,31,32)(H,33,34). The maximum absolute atomic E-state index is 12.8. The highest BCUT2D eigenvalue weighted by atomic mass is 16.2. The van der Waals surface area contributed by atoms with E-state index in [0.717, 1.165) is 46.9 Å². The summed E-state index contributed by atoms with van der Waals surface area (Å²) >= 11 is 0. The van der Waals surface area contributed by atoms with Crippen LogP contribution >= 0.6 is 0 Å². The number of aromatic amines is 1. The van der Waals surface area contributed by atoms with E-state index in [1.165, 1.54) is 38.5 Å². The lowest BCUT2D eigenvalue weighted by Gasteiger charge is -2.29. The summed E-state index contributed by atoms with van der Waals surface area (Å²) in [5.74, 6) is 2.93. The van der Waals surface area contributed by atoms with Gasteiger partial charge in [-0.05, 0) is 80.2 Å². The molecule has 2 amide bonds. The van der Waals surface area contributed by atoms with Gasteiger partial charge in [0.2, 0.25) is 5.91 Å². The first kappa shape index (κ1) is 22.3. The van der Waals surface area contributed by atoms with Crippen molar-refractivity contribution in [2.24, 2.45) is 23.7 Å². The molecule has 6 heteroatoms. The largest absolute Gasteiger partial charge is 0.349 e. The van der Waals surface area contributed by atoms with Crippen LogP contribution < -0.4 is 10.6 Å². The zero-order valence-electron chi connectivity index (χ0n) is 20.3. The van der Waals surface area contributed by atoms with Crippen molar-refractivity contribution >= 4 is 28.5 Å². The van der Waals surface area contributed by atoms with Gasteiger partial charge < -0.3 is 15.6 Å². The highest BCUT2D eigenvalue weighted by molar-refractivity contribution is 5.96. The SMILES string of the molecule is CC1CCCCC1NC(=O)c1ccc(-c2nc3ccc(NC(=O)C4CC5CCC4C5)cc3[nH]2)cc1. The molecule has 2 aromatic carbocycles. The second-order valence-electron chi connectivity index (χ2n) is 11.0. The summed E-state index contributed by atoms with van der Waals surface area (Å²) < 4.78 is 0. The Hall–Kier alpha value is -3.15. The number of benzene rings is 2. The quantitative estimate of drug-likeness (QED) is 0.433. The number of hydrogen-bond donors (Lipinski definition) is 3. The number of carbonyl (C=O) groups excluding carboxylic acids is 2. The first-order valence-corrected chi connectivity index (χ1v) is 13.3. The lowest BCUT2D eigenvalue weighted by molar-refractivity contribution is -0.121. The van der Waals surface area contributed by atoms with E-state index in [1.807, 2.05) is 42.5 Å². The highest BCUT2D eigenvalue weighted by Gasteiger charge is 2.43. The van der Waals surface area contributed by atoms with E-state index in [4.69, 9.17) is 4.98 Å². The molecule has 0 aliphatic heterocycles. The van der Waals surface area contributed by atoms with Crippen LogP contribution in [-0.4, -0.2) is 27.8 Å². The van der Waals surface area contributed by atoms with E-state index in [2.05, 4.69) is 22.5 Å². The molecule has 5 unspecified atom stereocenters. The third-order valence-corrected chi connectivity index (χ3v) is 8.67. The van der Waals surface area contributed by atoms with E-state index in [0.29, 0.717) is 17.4 Å². The number of imidazole rings is 1. The van der Waals surface area contributed by atoms with E-state index in [1.54, 1.807) is 0 Å². The summed E-state index contributed by atoms with van der Waals surface area (Å²) in [5.41, 5.74) is 4.15. The normalized spacial score (nSPS) is 27.7. The fraction of sp³-hybridized carbons (Fsp3) is 0.483. The fourth-order valence-electron chi connectivity index (χ4n) is 6.59.